The van der Waals surface area contributed by atoms with Gasteiger partial charge in [0, 0.05) is 5.92 Å². The molecule has 3 aromatic rings. The summed E-state index contributed by atoms with van der Waals surface area (Å²) in [5.41, 5.74) is 2.41. The second kappa shape index (κ2) is 13.6. The molecule has 0 radical (unpaired) electrons. The van der Waals surface area contributed by atoms with Crippen LogP contribution in [0, 0.1) is 5.92 Å². The van der Waals surface area contributed by atoms with Crippen molar-refractivity contribution < 1.29 is 23.7 Å². The van der Waals surface area contributed by atoms with Crippen molar-refractivity contribution in [1.29, 1.82) is 0 Å². The van der Waals surface area contributed by atoms with Gasteiger partial charge in [-0.05, 0) is 29.0 Å². The molecule has 1 fully saturated rings. The SMILES string of the molecule is CCS[C@@H]1OC(COCc2ccccc2)[C@H](OCc2ccccc2)C(C)[C@@H]1OC(=O)c1ccccc1. The van der Waals surface area contributed by atoms with Crippen LogP contribution < -0.4 is 0 Å². The zero-order valence-corrected chi connectivity index (χ0v) is 21.6. The molecule has 0 spiro atoms. The van der Waals surface area contributed by atoms with Crippen LogP contribution in [0.3, 0.4) is 0 Å². The van der Waals surface area contributed by atoms with Gasteiger partial charge in [-0.15, -0.1) is 11.8 Å². The number of thioether (sulfide) groups is 1. The Kier molecular flexibility index (Phi) is 9.99. The van der Waals surface area contributed by atoms with E-state index in [9.17, 15) is 4.79 Å². The second-order valence-corrected chi connectivity index (χ2v) is 10.2. The lowest BCUT2D eigenvalue weighted by atomic mass is 9.91. The fourth-order valence-electron chi connectivity index (χ4n) is 4.35. The summed E-state index contributed by atoms with van der Waals surface area (Å²) >= 11 is 1.64. The fourth-order valence-corrected chi connectivity index (χ4v) is 5.40. The predicted molar refractivity (Wildman–Crippen MR) is 143 cm³/mol. The standard InChI is InChI=1S/C30H34O5S/c1-3-36-30-28(35-29(31)25-17-11-6-12-18-25)22(2)27(33-20-24-15-9-5-10-16-24)26(34-30)21-32-19-23-13-7-4-8-14-23/h4-18,22,26-28,30H,3,19-21H2,1-2H3/t22?,26?,27-,28+,30+/m1/s1. The smallest absolute Gasteiger partial charge is 0.338 e. The van der Waals surface area contributed by atoms with Gasteiger partial charge in [0.25, 0.3) is 0 Å². The topological polar surface area (TPSA) is 54.0 Å². The lowest BCUT2D eigenvalue weighted by Gasteiger charge is -2.44. The van der Waals surface area contributed by atoms with E-state index in [0.717, 1.165) is 16.9 Å². The van der Waals surface area contributed by atoms with Gasteiger partial charge in [-0.25, -0.2) is 4.79 Å². The van der Waals surface area contributed by atoms with E-state index in [-0.39, 0.29) is 29.5 Å². The van der Waals surface area contributed by atoms with Crippen LogP contribution in [0.15, 0.2) is 91.0 Å². The van der Waals surface area contributed by atoms with Crippen LogP contribution in [-0.2, 0) is 32.2 Å². The van der Waals surface area contributed by atoms with Crippen molar-refractivity contribution in [1.82, 2.24) is 0 Å². The van der Waals surface area contributed by atoms with E-state index >= 15 is 0 Å². The van der Waals surface area contributed by atoms with E-state index < -0.39 is 6.10 Å². The molecule has 5 nitrogen and oxygen atoms in total. The largest absolute Gasteiger partial charge is 0.455 e. The Balaban J connectivity index is 1.50. The Bertz CT molecular complexity index is 1050. The highest BCUT2D eigenvalue weighted by Crippen LogP contribution is 2.36. The van der Waals surface area contributed by atoms with Gasteiger partial charge in [0.2, 0.25) is 0 Å². The Hall–Kier alpha value is -2.64. The summed E-state index contributed by atoms with van der Waals surface area (Å²) < 4.78 is 25.1. The summed E-state index contributed by atoms with van der Waals surface area (Å²) in [7, 11) is 0. The van der Waals surface area contributed by atoms with Crippen LogP contribution in [0.2, 0.25) is 0 Å². The van der Waals surface area contributed by atoms with Gasteiger partial charge in [-0.1, -0.05) is 92.7 Å². The molecule has 0 amide bonds. The molecular formula is C30H34O5S. The van der Waals surface area contributed by atoms with Crippen molar-refractivity contribution in [2.24, 2.45) is 5.92 Å². The molecule has 190 valence electrons. The number of esters is 1. The number of hydrogen-bond donors (Lipinski definition) is 0. The number of hydrogen-bond acceptors (Lipinski definition) is 6. The minimum atomic E-state index is -0.450. The Morgan fingerprint density at radius 2 is 1.42 bits per heavy atom. The van der Waals surface area contributed by atoms with Crippen LogP contribution in [0.1, 0.15) is 35.3 Å². The maximum absolute atomic E-state index is 13.0. The summed E-state index contributed by atoms with van der Waals surface area (Å²) in [5, 5.41) is 0. The fraction of sp³-hybridized carbons (Fsp3) is 0.367. The number of carbonyl (C=O) groups is 1. The Labute approximate surface area is 218 Å². The molecule has 36 heavy (non-hydrogen) atoms. The minimum absolute atomic E-state index is 0.0931. The summed E-state index contributed by atoms with van der Waals surface area (Å²) in [6, 6.07) is 29.2. The highest BCUT2D eigenvalue weighted by atomic mass is 32.2. The van der Waals surface area contributed by atoms with E-state index in [1.54, 1.807) is 23.9 Å². The van der Waals surface area contributed by atoms with E-state index in [1.807, 2.05) is 78.9 Å². The van der Waals surface area contributed by atoms with Gasteiger partial charge < -0.3 is 18.9 Å². The summed E-state index contributed by atoms with van der Waals surface area (Å²) in [6.07, 6.45) is -1.04. The van der Waals surface area contributed by atoms with Crippen molar-refractivity contribution in [3.63, 3.8) is 0 Å². The molecule has 0 saturated carbocycles. The van der Waals surface area contributed by atoms with E-state index in [4.69, 9.17) is 18.9 Å². The van der Waals surface area contributed by atoms with Crippen LogP contribution >= 0.6 is 11.8 Å². The van der Waals surface area contributed by atoms with Crippen molar-refractivity contribution in [3.8, 4) is 0 Å². The lowest BCUT2D eigenvalue weighted by Crippen LogP contribution is -2.56. The van der Waals surface area contributed by atoms with E-state index in [1.165, 1.54) is 0 Å². The first-order valence-electron chi connectivity index (χ1n) is 12.5. The van der Waals surface area contributed by atoms with Gasteiger partial charge in [0.1, 0.15) is 17.6 Å². The van der Waals surface area contributed by atoms with Crippen molar-refractivity contribution >= 4 is 17.7 Å². The van der Waals surface area contributed by atoms with Crippen LogP contribution in [0.5, 0.6) is 0 Å². The van der Waals surface area contributed by atoms with Crippen molar-refractivity contribution in [3.05, 3.63) is 108 Å². The van der Waals surface area contributed by atoms with Gasteiger partial charge in [0.15, 0.2) is 0 Å². The summed E-state index contributed by atoms with van der Waals surface area (Å²) in [6.45, 7) is 5.48. The number of rotatable bonds is 11. The maximum atomic E-state index is 13.0. The monoisotopic (exact) mass is 506 g/mol. The third kappa shape index (κ3) is 7.20. The molecule has 4 rings (SSSR count). The highest BCUT2D eigenvalue weighted by Gasteiger charge is 2.46. The van der Waals surface area contributed by atoms with Gasteiger partial charge in [-0.2, -0.15) is 0 Å². The van der Waals surface area contributed by atoms with E-state index in [2.05, 4.69) is 13.8 Å². The average molecular weight is 507 g/mol. The molecule has 5 atom stereocenters. The normalized spacial score (nSPS) is 23.8. The lowest BCUT2D eigenvalue weighted by molar-refractivity contribution is -0.204. The molecule has 1 heterocycles. The first-order chi connectivity index (χ1) is 17.7. The highest BCUT2D eigenvalue weighted by molar-refractivity contribution is 7.99. The quantitative estimate of drug-likeness (QED) is 0.292. The predicted octanol–water partition coefficient (Wildman–Crippen LogP) is 6.13. The molecule has 3 aromatic carbocycles. The number of benzene rings is 3. The maximum Gasteiger partial charge on any atom is 0.338 e. The van der Waals surface area contributed by atoms with Gasteiger partial charge in [-0.3, -0.25) is 0 Å². The molecule has 0 aromatic heterocycles. The summed E-state index contributed by atoms with van der Waals surface area (Å²) in [4.78, 5) is 13.0. The van der Waals surface area contributed by atoms with Gasteiger partial charge >= 0.3 is 5.97 Å². The summed E-state index contributed by atoms with van der Waals surface area (Å²) in [5.74, 6) is 0.395. The molecular weight excluding hydrogens is 472 g/mol. The molecule has 1 aliphatic heterocycles. The van der Waals surface area contributed by atoms with Crippen LogP contribution in [0.4, 0.5) is 0 Å². The van der Waals surface area contributed by atoms with Crippen LogP contribution in [-0.4, -0.2) is 42.1 Å². The molecule has 2 unspecified atom stereocenters. The molecule has 1 aliphatic rings. The first kappa shape index (κ1) is 26.4. The Morgan fingerprint density at radius 3 is 2.03 bits per heavy atom. The molecule has 0 N–H and O–H groups in total. The van der Waals surface area contributed by atoms with E-state index in [0.29, 0.717) is 25.4 Å². The van der Waals surface area contributed by atoms with Crippen molar-refractivity contribution in [2.45, 2.75) is 50.8 Å². The average Bonchev–Trinajstić information content (AvgIpc) is 2.92. The zero-order chi connectivity index (χ0) is 25.2. The van der Waals surface area contributed by atoms with Crippen molar-refractivity contribution in [2.75, 3.05) is 12.4 Å². The molecule has 6 heteroatoms. The Morgan fingerprint density at radius 1 is 0.833 bits per heavy atom. The minimum Gasteiger partial charge on any atom is -0.455 e. The van der Waals surface area contributed by atoms with Gasteiger partial charge in [0.05, 0.1) is 31.5 Å². The molecule has 0 aliphatic carbocycles. The molecule has 1 saturated heterocycles. The third-order valence-electron chi connectivity index (χ3n) is 6.24. The first-order valence-corrected chi connectivity index (χ1v) is 13.5. The third-order valence-corrected chi connectivity index (χ3v) is 7.28. The van der Waals surface area contributed by atoms with Crippen LogP contribution in [0.25, 0.3) is 0 Å². The number of ether oxygens (including phenoxy) is 4. The number of carbonyl (C=O) groups excluding carboxylic acids is 1. The second-order valence-electron chi connectivity index (χ2n) is 8.86. The molecule has 0 bridgehead atoms. The zero-order valence-electron chi connectivity index (χ0n) is 20.8.